The Kier molecular flexibility index (Phi) is 3.95. The lowest BCUT2D eigenvalue weighted by molar-refractivity contribution is -0.687. The van der Waals surface area contributed by atoms with Gasteiger partial charge < -0.3 is 9.73 Å². The van der Waals surface area contributed by atoms with E-state index in [1.807, 2.05) is 12.1 Å². The maximum Gasteiger partial charge on any atom is 0.158 e. The zero-order valence-electron chi connectivity index (χ0n) is 10.9. The van der Waals surface area contributed by atoms with E-state index in [0.717, 1.165) is 30.2 Å². The van der Waals surface area contributed by atoms with Gasteiger partial charge in [0.2, 0.25) is 0 Å². The molecule has 2 N–H and O–H groups in total. The molecule has 0 fully saturated rings. The van der Waals surface area contributed by atoms with Crippen LogP contribution in [0, 0.1) is 5.82 Å². The van der Waals surface area contributed by atoms with Crippen LogP contribution in [0.25, 0.3) is 11.3 Å². The Morgan fingerprint density at radius 1 is 1.00 bits per heavy atom. The van der Waals surface area contributed by atoms with E-state index >= 15 is 0 Å². The van der Waals surface area contributed by atoms with Crippen molar-refractivity contribution in [2.24, 2.45) is 0 Å². The van der Waals surface area contributed by atoms with Gasteiger partial charge in [0.15, 0.2) is 5.76 Å². The van der Waals surface area contributed by atoms with Crippen LogP contribution in [0.3, 0.4) is 0 Å². The van der Waals surface area contributed by atoms with E-state index in [0.29, 0.717) is 0 Å². The Balaban J connectivity index is 1.60. The molecular formula is C16H15FNOS+. The van der Waals surface area contributed by atoms with Crippen LogP contribution in [0.4, 0.5) is 4.39 Å². The van der Waals surface area contributed by atoms with Gasteiger partial charge in [-0.1, -0.05) is 6.07 Å². The highest BCUT2D eigenvalue weighted by molar-refractivity contribution is 7.09. The van der Waals surface area contributed by atoms with Crippen molar-refractivity contribution in [1.29, 1.82) is 0 Å². The number of furan rings is 1. The van der Waals surface area contributed by atoms with Crippen molar-refractivity contribution < 1.29 is 14.1 Å². The minimum Gasteiger partial charge on any atom is -0.455 e. The first-order chi connectivity index (χ1) is 9.81. The average Bonchev–Trinajstić information content (AvgIpc) is 3.11. The van der Waals surface area contributed by atoms with Crippen LogP contribution in [-0.4, -0.2) is 0 Å². The molecule has 102 valence electrons. The summed E-state index contributed by atoms with van der Waals surface area (Å²) in [4.78, 5) is 1.36. The van der Waals surface area contributed by atoms with Crippen molar-refractivity contribution in [3.05, 3.63) is 70.4 Å². The third-order valence-electron chi connectivity index (χ3n) is 3.06. The van der Waals surface area contributed by atoms with Gasteiger partial charge >= 0.3 is 0 Å². The third kappa shape index (κ3) is 3.15. The first kappa shape index (κ1) is 13.1. The molecule has 2 heterocycles. The number of nitrogens with two attached hydrogens (primary N) is 1. The van der Waals surface area contributed by atoms with Crippen molar-refractivity contribution in [3.63, 3.8) is 0 Å². The fourth-order valence-corrected chi connectivity index (χ4v) is 2.75. The molecule has 0 atom stereocenters. The number of benzene rings is 1. The molecule has 0 saturated carbocycles. The van der Waals surface area contributed by atoms with Crippen LogP contribution in [-0.2, 0) is 13.1 Å². The summed E-state index contributed by atoms with van der Waals surface area (Å²) in [7, 11) is 0. The van der Waals surface area contributed by atoms with Crippen LogP contribution in [0.2, 0.25) is 0 Å². The molecule has 3 aromatic rings. The Morgan fingerprint density at radius 2 is 1.85 bits per heavy atom. The second-order valence-electron chi connectivity index (χ2n) is 4.55. The Morgan fingerprint density at radius 3 is 2.60 bits per heavy atom. The van der Waals surface area contributed by atoms with Gasteiger partial charge in [-0.15, -0.1) is 11.3 Å². The number of thiophene rings is 1. The third-order valence-corrected chi connectivity index (χ3v) is 3.96. The quantitative estimate of drug-likeness (QED) is 0.766. The van der Waals surface area contributed by atoms with Crippen LogP contribution in [0.15, 0.2) is 58.3 Å². The van der Waals surface area contributed by atoms with Gasteiger partial charge in [0.1, 0.15) is 24.7 Å². The van der Waals surface area contributed by atoms with Gasteiger partial charge in [-0.25, -0.2) is 4.39 Å². The van der Waals surface area contributed by atoms with E-state index in [1.54, 1.807) is 23.5 Å². The predicted molar refractivity (Wildman–Crippen MR) is 77.8 cm³/mol. The Labute approximate surface area is 120 Å². The molecule has 0 radical (unpaired) electrons. The monoisotopic (exact) mass is 288 g/mol. The molecular weight excluding hydrogens is 273 g/mol. The highest BCUT2D eigenvalue weighted by Crippen LogP contribution is 2.22. The van der Waals surface area contributed by atoms with Gasteiger partial charge in [-0.3, -0.25) is 0 Å². The number of rotatable bonds is 5. The Bertz CT molecular complexity index is 658. The molecule has 0 spiro atoms. The van der Waals surface area contributed by atoms with E-state index in [1.165, 1.54) is 17.0 Å². The summed E-state index contributed by atoms with van der Waals surface area (Å²) in [6.45, 7) is 1.77. The second-order valence-corrected chi connectivity index (χ2v) is 5.58. The summed E-state index contributed by atoms with van der Waals surface area (Å²) in [5, 5.41) is 4.29. The summed E-state index contributed by atoms with van der Waals surface area (Å²) in [6.07, 6.45) is 0. The summed E-state index contributed by atoms with van der Waals surface area (Å²) in [5.41, 5.74) is 0.899. The summed E-state index contributed by atoms with van der Waals surface area (Å²) >= 11 is 1.76. The summed E-state index contributed by atoms with van der Waals surface area (Å²) in [6, 6.07) is 14.5. The van der Waals surface area contributed by atoms with E-state index in [4.69, 9.17) is 4.42 Å². The van der Waals surface area contributed by atoms with Gasteiger partial charge in [0, 0.05) is 5.56 Å². The zero-order valence-corrected chi connectivity index (χ0v) is 11.7. The molecule has 1 aromatic carbocycles. The highest BCUT2D eigenvalue weighted by atomic mass is 32.1. The second kappa shape index (κ2) is 6.03. The van der Waals surface area contributed by atoms with Gasteiger partial charge in [-0.05, 0) is 47.8 Å². The standard InChI is InChI=1S/C16H14FNOS/c17-13-5-3-12(4-6-13)16-8-7-14(19-16)10-18-11-15-2-1-9-20-15/h1-9,18H,10-11H2/p+1. The summed E-state index contributed by atoms with van der Waals surface area (Å²) < 4.78 is 18.7. The largest absolute Gasteiger partial charge is 0.455 e. The van der Waals surface area contributed by atoms with Crippen molar-refractivity contribution in [1.82, 2.24) is 0 Å². The molecule has 0 aliphatic heterocycles. The topological polar surface area (TPSA) is 29.8 Å². The number of halogens is 1. The summed E-state index contributed by atoms with van der Waals surface area (Å²) in [5.74, 6) is 1.48. The maximum absolute atomic E-state index is 12.9. The van der Waals surface area contributed by atoms with Gasteiger partial charge in [0.25, 0.3) is 0 Å². The van der Waals surface area contributed by atoms with Crippen molar-refractivity contribution in [2.75, 3.05) is 0 Å². The number of quaternary nitrogens is 1. The molecule has 20 heavy (non-hydrogen) atoms. The van der Waals surface area contributed by atoms with Crippen LogP contribution in [0.5, 0.6) is 0 Å². The van der Waals surface area contributed by atoms with Crippen LogP contribution in [0.1, 0.15) is 10.6 Å². The predicted octanol–water partition coefficient (Wildman–Crippen LogP) is 3.41. The fourth-order valence-electron chi connectivity index (χ4n) is 2.04. The van der Waals surface area contributed by atoms with Gasteiger partial charge in [0.05, 0.1) is 4.88 Å². The normalized spacial score (nSPS) is 10.8. The molecule has 3 rings (SSSR count). The average molecular weight is 288 g/mol. The molecule has 0 bridgehead atoms. The van der Waals surface area contributed by atoms with Gasteiger partial charge in [-0.2, -0.15) is 0 Å². The first-order valence-electron chi connectivity index (χ1n) is 6.50. The molecule has 0 amide bonds. The Hall–Kier alpha value is -1.91. The van der Waals surface area contributed by atoms with E-state index < -0.39 is 0 Å². The number of hydrogen-bond acceptors (Lipinski definition) is 2. The highest BCUT2D eigenvalue weighted by Gasteiger charge is 2.06. The lowest BCUT2D eigenvalue weighted by Gasteiger charge is -1.98. The molecule has 2 aromatic heterocycles. The minimum absolute atomic E-state index is 0.232. The molecule has 4 heteroatoms. The molecule has 0 saturated heterocycles. The smallest absolute Gasteiger partial charge is 0.158 e. The lowest BCUT2D eigenvalue weighted by Crippen LogP contribution is -2.80. The van der Waals surface area contributed by atoms with Crippen molar-refractivity contribution in [2.45, 2.75) is 13.1 Å². The fraction of sp³-hybridized carbons (Fsp3) is 0.125. The molecule has 0 aliphatic rings. The van der Waals surface area contributed by atoms with Crippen LogP contribution < -0.4 is 5.32 Å². The van der Waals surface area contributed by atoms with Crippen molar-refractivity contribution in [3.8, 4) is 11.3 Å². The molecule has 2 nitrogen and oxygen atoms in total. The molecule has 0 unspecified atom stereocenters. The van der Waals surface area contributed by atoms with E-state index in [-0.39, 0.29) is 5.82 Å². The SMILES string of the molecule is Fc1ccc(-c2ccc(C[NH2+]Cc3cccs3)o2)cc1. The van der Waals surface area contributed by atoms with Crippen molar-refractivity contribution >= 4 is 11.3 Å². The molecule has 0 aliphatic carbocycles. The maximum atomic E-state index is 12.9. The first-order valence-corrected chi connectivity index (χ1v) is 7.38. The van der Waals surface area contributed by atoms with E-state index in [9.17, 15) is 4.39 Å². The minimum atomic E-state index is -0.232. The van der Waals surface area contributed by atoms with E-state index in [2.05, 4.69) is 22.8 Å². The lowest BCUT2D eigenvalue weighted by atomic mass is 10.2. The zero-order chi connectivity index (χ0) is 13.8. The van der Waals surface area contributed by atoms with Crippen LogP contribution >= 0.6 is 11.3 Å². The number of hydrogen-bond donors (Lipinski definition) is 1.